The fraction of sp³-hybridized carbons (Fsp3) is 0.0588. The lowest BCUT2D eigenvalue weighted by Gasteiger charge is -2.05. The molecular formula is C17H13N5O2. The van der Waals surface area contributed by atoms with Gasteiger partial charge in [-0.15, -0.1) is 0 Å². The summed E-state index contributed by atoms with van der Waals surface area (Å²) in [5, 5.41) is 6.47. The van der Waals surface area contributed by atoms with E-state index in [9.17, 15) is 9.59 Å². The minimum absolute atomic E-state index is 0.147. The second-order valence-corrected chi connectivity index (χ2v) is 5.32. The van der Waals surface area contributed by atoms with Crippen LogP contribution in [0.3, 0.4) is 0 Å². The van der Waals surface area contributed by atoms with Crippen molar-refractivity contribution in [1.82, 2.24) is 24.7 Å². The van der Waals surface area contributed by atoms with E-state index in [1.54, 1.807) is 18.2 Å². The lowest BCUT2D eigenvalue weighted by Crippen LogP contribution is -2.20. The molecule has 2 heterocycles. The van der Waals surface area contributed by atoms with Crippen LogP contribution < -0.4 is 11.2 Å². The zero-order valence-electron chi connectivity index (χ0n) is 12.6. The number of fused-ring (bicyclic) bond motifs is 1. The molecule has 0 aliphatic rings. The summed E-state index contributed by atoms with van der Waals surface area (Å²) in [6, 6.07) is 16.4. The quantitative estimate of drug-likeness (QED) is 0.596. The van der Waals surface area contributed by atoms with Crippen LogP contribution in [0.15, 0.2) is 64.2 Å². The Morgan fingerprint density at radius 2 is 1.71 bits per heavy atom. The van der Waals surface area contributed by atoms with E-state index in [4.69, 9.17) is 0 Å². The van der Waals surface area contributed by atoms with Crippen molar-refractivity contribution in [2.45, 2.75) is 6.42 Å². The number of benzene rings is 2. The largest absolute Gasteiger partial charge is 0.347 e. The number of nitrogens with one attached hydrogen (secondary N) is 2. The van der Waals surface area contributed by atoms with Gasteiger partial charge in [0.25, 0.3) is 5.56 Å². The van der Waals surface area contributed by atoms with Gasteiger partial charge in [-0.3, -0.25) is 4.79 Å². The maximum Gasteiger partial charge on any atom is 0.347 e. The Hall–Kier alpha value is -3.48. The molecule has 0 aliphatic heterocycles. The molecule has 4 rings (SSSR count). The maximum atomic E-state index is 12.2. The zero-order valence-corrected chi connectivity index (χ0v) is 12.6. The predicted octanol–water partition coefficient (Wildman–Crippen LogP) is 1.39. The number of para-hydroxylation sites is 3. The predicted molar refractivity (Wildman–Crippen MR) is 89.4 cm³/mol. The van der Waals surface area contributed by atoms with Crippen LogP contribution in [0.2, 0.25) is 0 Å². The molecule has 0 aliphatic carbocycles. The van der Waals surface area contributed by atoms with Crippen LogP contribution in [0.4, 0.5) is 0 Å². The molecule has 7 nitrogen and oxygen atoms in total. The lowest BCUT2D eigenvalue weighted by molar-refractivity contribution is 0.866. The Morgan fingerprint density at radius 1 is 0.958 bits per heavy atom. The second-order valence-electron chi connectivity index (χ2n) is 5.32. The Balaban J connectivity index is 1.81. The van der Waals surface area contributed by atoms with Gasteiger partial charge in [0.2, 0.25) is 0 Å². The Kier molecular flexibility index (Phi) is 3.31. The SMILES string of the molecule is O=c1[nH]c2ccccc2nc1Cc1n[nH]c(=O)n1-c1ccccc1. The van der Waals surface area contributed by atoms with Crippen LogP contribution in [0.25, 0.3) is 16.7 Å². The third-order valence-corrected chi connectivity index (χ3v) is 3.75. The van der Waals surface area contributed by atoms with E-state index in [2.05, 4.69) is 20.2 Å². The van der Waals surface area contributed by atoms with Crippen molar-refractivity contribution in [2.24, 2.45) is 0 Å². The van der Waals surface area contributed by atoms with Gasteiger partial charge in [-0.1, -0.05) is 30.3 Å². The van der Waals surface area contributed by atoms with Crippen LogP contribution in [0.1, 0.15) is 11.5 Å². The first kappa shape index (κ1) is 14.1. The number of aromatic nitrogens is 5. The third kappa shape index (κ3) is 2.41. The van der Waals surface area contributed by atoms with Crippen molar-refractivity contribution in [3.05, 3.63) is 87.0 Å². The molecule has 7 heteroatoms. The molecule has 0 saturated carbocycles. The highest BCUT2D eigenvalue weighted by molar-refractivity contribution is 5.73. The molecule has 4 aromatic rings. The van der Waals surface area contributed by atoms with Crippen molar-refractivity contribution in [1.29, 1.82) is 0 Å². The molecule has 0 spiro atoms. The zero-order chi connectivity index (χ0) is 16.5. The van der Waals surface area contributed by atoms with Crippen molar-refractivity contribution in [2.75, 3.05) is 0 Å². The average molecular weight is 319 g/mol. The van der Waals surface area contributed by atoms with Crippen LogP contribution in [0.5, 0.6) is 0 Å². The molecule has 118 valence electrons. The van der Waals surface area contributed by atoms with Crippen molar-refractivity contribution >= 4 is 11.0 Å². The molecule has 0 fully saturated rings. The first-order valence-corrected chi connectivity index (χ1v) is 7.42. The highest BCUT2D eigenvalue weighted by Crippen LogP contribution is 2.10. The summed E-state index contributed by atoms with van der Waals surface area (Å²) in [5.74, 6) is 0.430. The molecule has 24 heavy (non-hydrogen) atoms. The molecule has 0 amide bonds. The maximum absolute atomic E-state index is 12.2. The van der Waals surface area contributed by atoms with Gasteiger partial charge in [0.1, 0.15) is 11.5 Å². The van der Waals surface area contributed by atoms with Crippen molar-refractivity contribution in [3.8, 4) is 5.69 Å². The van der Waals surface area contributed by atoms with Crippen LogP contribution in [0, 0.1) is 0 Å². The first-order valence-electron chi connectivity index (χ1n) is 7.42. The van der Waals surface area contributed by atoms with E-state index >= 15 is 0 Å². The van der Waals surface area contributed by atoms with Gasteiger partial charge in [0.05, 0.1) is 23.1 Å². The molecule has 2 N–H and O–H groups in total. The van der Waals surface area contributed by atoms with Gasteiger partial charge in [-0.2, -0.15) is 5.10 Å². The minimum Gasteiger partial charge on any atom is -0.319 e. The van der Waals surface area contributed by atoms with E-state index in [-0.39, 0.29) is 17.7 Å². The number of hydrogen-bond acceptors (Lipinski definition) is 4. The fourth-order valence-corrected chi connectivity index (χ4v) is 2.63. The van der Waals surface area contributed by atoms with Crippen LogP contribution in [-0.2, 0) is 6.42 Å². The van der Waals surface area contributed by atoms with Gasteiger partial charge in [-0.05, 0) is 24.3 Å². The summed E-state index contributed by atoms with van der Waals surface area (Å²) < 4.78 is 1.44. The standard InChI is InChI=1S/C17H13N5O2/c23-16-14(18-12-8-4-5-9-13(12)19-16)10-15-20-21-17(24)22(15)11-6-2-1-3-7-11/h1-9H,10H2,(H,19,23)(H,21,24). The summed E-state index contributed by atoms with van der Waals surface area (Å²) in [6.45, 7) is 0. The smallest absolute Gasteiger partial charge is 0.319 e. The highest BCUT2D eigenvalue weighted by Gasteiger charge is 2.14. The monoisotopic (exact) mass is 319 g/mol. The Morgan fingerprint density at radius 3 is 2.54 bits per heavy atom. The number of rotatable bonds is 3. The molecule has 0 radical (unpaired) electrons. The van der Waals surface area contributed by atoms with Crippen molar-refractivity contribution in [3.63, 3.8) is 0 Å². The third-order valence-electron chi connectivity index (χ3n) is 3.75. The summed E-state index contributed by atoms with van der Waals surface area (Å²) >= 11 is 0. The Bertz CT molecular complexity index is 1120. The second kappa shape index (κ2) is 5.62. The summed E-state index contributed by atoms with van der Waals surface area (Å²) in [7, 11) is 0. The van der Waals surface area contributed by atoms with Crippen LogP contribution in [-0.4, -0.2) is 24.7 Å². The lowest BCUT2D eigenvalue weighted by atomic mass is 10.2. The number of hydrogen-bond donors (Lipinski definition) is 2. The summed E-state index contributed by atoms with van der Waals surface area (Å²) in [4.78, 5) is 31.5. The van der Waals surface area contributed by atoms with Gasteiger partial charge in [0, 0.05) is 0 Å². The summed E-state index contributed by atoms with van der Waals surface area (Å²) in [6.07, 6.45) is 0.147. The van der Waals surface area contributed by atoms with E-state index < -0.39 is 0 Å². The van der Waals surface area contributed by atoms with Gasteiger partial charge >= 0.3 is 5.69 Å². The average Bonchev–Trinajstić information content (AvgIpc) is 2.97. The van der Waals surface area contributed by atoms with Gasteiger partial charge in [0.15, 0.2) is 0 Å². The van der Waals surface area contributed by atoms with Crippen LogP contribution >= 0.6 is 0 Å². The fourth-order valence-electron chi connectivity index (χ4n) is 2.63. The summed E-state index contributed by atoms with van der Waals surface area (Å²) in [5.41, 5.74) is 1.72. The minimum atomic E-state index is -0.353. The number of aromatic amines is 2. The van der Waals surface area contributed by atoms with Crippen molar-refractivity contribution < 1.29 is 0 Å². The van der Waals surface area contributed by atoms with E-state index in [0.717, 1.165) is 0 Å². The molecule has 2 aromatic carbocycles. The molecule has 0 saturated heterocycles. The normalized spacial score (nSPS) is 11.0. The Labute approximate surface area is 135 Å². The molecule has 0 atom stereocenters. The number of nitrogens with zero attached hydrogens (tertiary/aromatic N) is 3. The van der Waals surface area contributed by atoms with Gasteiger partial charge < -0.3 is 4.98 Å². The first-order chi connectivity index (χ1) is 11.7. The molecule has 0 bridgehead atoms. The van der Waals surface area contributed by atoms with Gasteiger partial charge in [-0.25, -0.2) is 19.4 Å². The topological polar surface area (TPSA) is 96.4 Å². The highest BCUT2D eigenvalue weighted by atomic mass is 16.1. The molecule has 2 aromatic heterocycles. The number of H-pyrrole nitrogens is 2. The molecular weight excluding hydrogens is 306 g/mol. The van der Waals surface area contributed by atoms with E-state index in [0.29, 0.717) is 28.2 Å². The van der Waals surface area contributed by atoms with E-state index in [1.165, 1.54) is 4.57 Å². The molecule has 0 unspecified atom stereocenters. The van der Waals surface area contributed by atoms with E-state index in [1.807, 2.05) is 36.4 Å².